The summed E-state index contributed by atoms with van der Waals surface area (Å²) in [6, 6.07) is 0.153. The zero-order chi connectivity index (χ0) is 10.1. The molecule has 0 saturated carbocycles. The highest BCUT2D eigenvalue weighted by molar-refractivity contribution is 5.83. The van der Waals surface area contributed by atoms with Crippen LogP contribution in [0.2, 0.25) is 0 Å². The van der Waals surface area contributed by atoms with E-state index in [9.17, 15) is 4.79 Å². The van der Waals surface area contributed by atoms with Gasteiger partial charge in [-0.3, -0.25) is 0 Å². The molecule has 1 aliphatic heterocycles. The molecular formula is C8H12N4O2. The van der Waals surface area contributed by atoms with Gasteiger partial charge in [-0.1, -0.05) is 0 Å². The van der Waals surface area contributed by atoms with Crippen molar-refractivity contribution in [2.24, 2.45) is 7.05 Å². The number of nitrogens with one attached hydrogen (secondary N) is 1. The van der Waals surface area contributed by atoms with Crippen molar-refractivity contribution < 1.29 is 9.90 Å². The van der Waals surface area contributed by atoms with Crippen molar-refractivity contribution >= 4 is 5.97 Å². The Kier molecular flexibility index (Phi) is 2.20. The number of carboxylic acid groups (broad SMARTS) is 1. The molecule has 2 N–H and O–H groups in total. The number of hydrogen-bond donors (Lipinski definition) is 2. The van der Waals surface area contributed by atoms with E-state index in [2.05, 4.69) is 15.5 Å². The Labute approximate surface area is 80.9 Å². The summed E-state index contributed by atoms with van der Waals surface area (Å²) in [5.74, 6) is -0.335. The molecule has 0 aliphatic carbocycles. The largest absolute Gasteiger partial charge is 0.475 e. The number of aromatic nitrogens is 3. The Morgan fingerprint density at radius 1 is 1.64 bits per heavy atom. The SMILES string of the molecule is Cn1c(C(=O)O)nnc1C1CCCN1. The van der Waals surface area contributed by atoms with E-state index in [0.717, 1.165) is 19.4 Å². The molecule has 6 nitrogen and oxygen atoms in total. The smallest absolute Gasteiger partial charge is 0.374 e. The van der Waals surface area contributed by atoms with Gasteiger partial charge in [0, 0.05) is 7.05 Å². The summed E-state index contributed by atoms with van der Waals surface area (Å²) in [5, 5.41) is 19.5. The number of rotatable bonds is 2. The summed E-state index contributed by atoms with van der Waals surface area (Å²) >= 11 is 0. The first-order valence-electron chi connectivity index (χ1n) is 4.56. The molecule has 76 valence electrons. The summed E-state index contributed by atoms with van der Waals surface area (Å²) < 4.78 is 1.53. The third-order valence-electron chi connectivity index (χ3n) is 2.47. The van der Waals surface area contributed by atoms with Crippen LogP contribution in [0.5, 0.6) is 0 Å². The third kappa shape index (κ3) is 1.37. The van der Waals surface area contributed by atoms with Crippen LogP contribution in [0, 0.1) is 0 Å². The highest BCUT2D eigenvalue weighted by atomic mass is 16.4. The van der Waals surface area contributed by atoms with Gasteiger partial charge in [-0.15, -0.1) is 10.2 Å². The fraction of sp³-hybridized carbons (Fsp3) is 0.625. The molecule has 2 rings (SSSR count). The number of nitrogens with zero attached hydrogens (tertiary/aromatic N) is 3. The molecule has 6 heteroatoms. The minimum Gasteiger partial charge on any atom is -0.475 e. The third-order valence-corrected chi connectivity index (χ3v) is 2.47. The molecule has 0 radical (unpaired) electrons. The number of carbonyl (C=O) groups is 1. The molecule has 1 unspecified atom stereocenters. The zero-order valence-electron chi connectivity index (χ0n) is 7.90. The van der Waals surface area contributed by atoms with Gasteiger partial charge in [0.05, 0.1) is 6.04 Å². The fourth-order valence-corrected chi connectivity index (χ4v) is 1.74. The molecule has 14 heavy (non-hydrogen) atoms. The van der Waals surface area contributed by atoms with Crippen LogP contribution in [0.15, 0.2) is 0 Å². The maximum absolute atomic E-state index is 10.7. The Bertz CT molecular complexity index is 354. The summed E-state index contributed by atoms with van der Waals surface area (Å²) in [5.41, 5.74) is 0. The Hall–Kier alpha value is -1.43. The summed E-state index contributed by atoms with van der Waals surface area (Å²) in [6.45, 7) is 0.958. The zero-order valence-corrected chi connectivity index (χ0v) is 7.90. The quantitative estimate of drug-likeness (QED) is 0.692. The molecule has 1 aliphatic rings. The van der Waals surface area contributed by atoms with Crippen molar-refractivity contribution in [2.45, 2.75) is 18.9 Å². The van der Waals surface area contributed by atoms with E-state index in [1.807, 2.05) is 0 Å². The van der Waals surface area contributed by atoms with Crippen molar-refractivity contribution in [1.29, 1.82) is 0 Å². The molecule has 0 aromatic carbocycles. The minimum absolute atomic E-state index is 0.00583. The molecular weight excluding hydrogens is 184 g/mol. The van der Waals surface area contributed by atoms with Crippen molar-refractivity contribution in [3.63, 3.8) is 0 Å². The van der Waals surface area contributed by atoms with Crippen LogP contribution in [0.3, 0.4) is 0 Å². The van der Waals surface area contributed by atoms with Crippen LogP contribution in [0.25, 0.3) is 0 Å². The molecule has 1 fully saturated rings. The molecule has 2 heterocycles. The van der Waals surface area contributed by atoms with Gasteiger partial charge in [-0.05, 0) is 19.4 Å². The van der Waals surface area contributed by atoms with Crippen molar-refractivity contribution in [3.8, 4) is 0 Å². The van der Waals surface area contributed by atoms with E-state index in [4.69, 9.17) is 5.11 Å². The van der Waals surface area contributed by atoms with E-state index >= 15 is 0 Å². The topological polar surface area (TPSA) is 80.0 Å². The van der Waals surface area contributed by atoms with Gasteiger partial charge in [0.15, 0.2) is 0 Å². The maximum Gasteiger partial charge on any atom is 0.374 e. The van der Waals surface area contributed by atoms with Gasteiger partial charge < -0.3 is 15.0 Å². The second-order valence-electron chi connectivity index (χ2n) is 3.39. The average molecular weight is 196 g/mol. The van der Waals surface area contributed by atoms with E-state index < -0.39 is 5.97 Å². The lowest BCUT2D eigenvalue weighted by atomic mass is 10.2. The van der Waals surface area contributed by atoms with Crippen molar-refractivity contribution in [2.75, 3.05) is 6.54 Å². The Balaban J connectivity index is 2.30. The van der Waals surface area contributed by atoms with E-state index in [1.54, 1.807) is 7.05 Å². The Morgan fingerprint density at radius 3 is 2.93 bits per heavy atom. The molecule has 0 amide bonds. The van der Waals surface area contributed by atoms with Crippen LogP contribution in [-0.2, 0) is 7.05 Å². The standard InChI is InChI=1S/C8H12N4O2/c1-12-6(5-3-2-4-9-5)10-11-7(12)8(13)14/h5,9H,2-4H2,1H3,(H,13,14). The van der Waals surface area contributed by atoms with Gasteiger partial charge in [0.25, 0.3) is 0 Å². The van der Waals surface area contributed by atoms with E-state index in [-0.39, 0.29) is 11.9 Å². The number of carboxylic acids is 1. The number of aromatic carboxylic acids is 1. The highest BCUT2D eigenvalue weighted by Crippen LogP contribution is 2.20. The van der Waals surface area contributed by atoms with Gasteiger partial charge in [0.2, 0.25) is 5.82 Å². The van der Waals surface area contributed by atoms with Crippen LogP contribution < -0.4 is 5.32 Å². The van der Waals surface area contributed by atoms with Gasteiger partial charge in [-0.25, -0.2) is 4.79 Å². The first-order chi connectivity index (χ1) is 6.70. The molecule has 1 atom stereocenters. The monoisotopic (exact) mass is 196 g/mol. The molecule has 0 spiro atoms. The minimum atomic E-state index is -1.04. The van der Waals surface area contributed by atoms with Crippen molar-refractivity contribution in [1.82, 2.24) is 20.1 Å². The second-order valence-corrected chi connectivity index (χ2v) is 3.39. The average Bonchev–Trinajstić information content (AvgIpc) is 2.71. The molecule has 1 aromatic heterocycles. The lowest BCUT2D eigenvalue weighted by molar-refractivity contribution is 0.0679. The van der Waals surface area contributed by atoms with E-state index in [0.29, 0.717) is 5.82 Å². The van der Waals surface area contributed by atoms with Crippen LogP contribution in [0.4, 0.5) is 0 Å². The van der Waals surface area contributed by atoms with Gasteiger partial charge in [0.1, 0.15) is 5.82 Å². The second kappa shape index (κ2) is 3.38. The lowest BCUT2D eigenvalue weighted by Crippen LogP contribution is -2.18. The first-order valence-corrected chi connectivity index (χ1v) is 4.56. The lowest BCUT2D eigenvalue weighted by Gasteiger charge is -2.08. The maximum atomic E-state index is 10.7. The normalized spacial score (nSPS) is 21.4. The van der Waals surface area contributed by atoms with Gasteiger partial charge >= 0.3 is 5.97 Å². The molecule has 1 aromatic rings. The first kappa shape index (κ1) is 9.14. The molecule has 0 bridgehead atoms. The van der Waals surface area contributed by atoms with Crippen LogP contribution >= 0.6 is 0 Å². The number of hydrogen-bond acceptors (Lipinski definition) is 4. The predicted molar refractivity (Wildman–Crippen MR) is 47.9 cm³/mol. The van der Waals surface area contributed by atoms with Crippen LogP contribution in [-0.4, -0.2) is 32.4 Å². The van der Waals surface area contributed by atoms with Crippen LogP contribution in [0.1, 0.15) is 35.3 Å². The summed E-state index contributed by atoms with van der Waals surface area (Å²) in [7, 11) is 1.68. The van der Waals surface area contributed by atoms with Gasteiger partial charge in [-0.2, -0.15) is 0 Å². The predicted octanol–water partition coefficient (Wildman–Crippen LogP) is -0.0622. The van der Waals surface area contributed by atoms with E-state index in [1.165, 1.54) is 4.57 Å². The highest BCUT2D eigenvalue weighted by Gasteiger charge is 2.24. The Morgan fingerprint density at radius 2 is 2.43 bits per heavy atom. The summed E-state index contributed by atoms with van der Waals surface area (Å²) in [6.07, 6.45) is 2.09. The summed E-state index contributed by atoms with van der Waals surface area (Å²) in [4.78, 5) is 10.7. The molecule has 1 saturated heterocycles. The fourth-order valence-electron chi connectivity index (χ4n) is 1.74. The van der Waals surface area contributed by atoms with Crippen molar-refractivity contribution in [3.05, 3.63) is 11.6 Å².